The molecule has 0 aromatic carbocycles. The molecule has 0 radical (unpaired) electrons. The minimum atomic E-state index is -0.316. The molecule has 0 unspecified atom stereocenters. The van der Waals surface area contributed by atoms with E-state index in [2.05, 4.69) is 143 Å². The number of ether oxygens (including phenoxy) is 3. The average molecular weight is 2020 g/mol. The van der Waals surface area contributed by atoms with E-state index in [1.165, 1.54) is 63.1 Å². The van der Waals surface area contributed by atoms with Gasteiger partial charge in [0.2, 0.25) is 0 Å². The molecule has 2 saturated carbocycles. The molecule has 21 heterocycles. The zero-order chi connectivity index (χ0) is 98.8. The molecule has 0 bridgehead atoms. The molecule has 144 heavy (non-hydrogen) atoms. The zero-order valence-corrected chi connectivity index (χ0v) is 81.6. The predicted octanol–water partition coefficient (Wildman–Crippen LogP) is 15.8. The maximum Gasteiger partial charge on any atom is 0.275 e. The molecule has 10 N–H and O–H groups in total. The minimum absolute atomic E-state index is 0.157. The SMILES string of the molecule is CC(C)n1cc(NC(=O)c2csc(-c3cn[nH]c3)n2)c(-c2ccccn2)n1.COC1CC(n2cc(NC(=O)c3csc(-c4cn[nH]c4)n3)c(-c3ccccn3)n2)C1.COc1ccc(-c2nn(C)cc2NC(=O)c2csc(-c3cn[nH]c3)n2)nc1.O=C(Nc1cn(C2CCC2)nc1-c1ccccn1)c1csc(-c2cn[nH]c2)n1.O=C(Nc1cn(CCN2CCOCC2)nc1-c1ccccn1)c1csc(-c2cn[nH]c2)n1. The summed E-state index contributed by atoms with van der Waals surface area (Å²) in [6, 6.07) is 26.9. The molecule has 20 aromatic heterocycles. The first-order valence-corrected chi connectivity index (χ1v) is 49.6. The smallest absolute Gasteiger partial charge is 0.275 e. The van der Waals surface area contributed by atoms with Gasteiger partial charge in [-0.25, -0.2) is 24.9 Å². The van der Waals surface area contributed by atoms with Gasteiger partial charge in [0.1, 0.15) is 87.7 Å². The van der Waals surface area contributed by atoms with E-state index in [1.54, 1.807) is 169 Å². The van der Waals surface area contributed by atoms with E-state index in [0.29, 0.717) is 126 Å². The highest BCUT2D eigenvalue weighted by molar-refractivity contribution is 7.14. The van der Waals surface area contributed by atoms with E-state index in [4.69, 9.17) is 29.5 Å². The third-order valence-electron chi connectivity index (χ3n) is 22.8. The number of aromatic nitrogens is 30. The fourth-order valence-corrected chi connectivity index (χ4v) is 18.8. The molecule has 2 aliphatic carbocycles. The van der Waals surface area contributed by atoms with Gasteiger partial charge < -0.3 is 40.8 Å². The second-order valence-electron chi connectivity index (χ2n) is 32.8. The average Bonchev–Trinajstić information content (AvgIpc) is 1.69. The monoisotopic (exact) mass is 2020 g/mol. The van der Waals surface area contributed by atoms with Gasteiger partial charge in [0.15, 0.2) is 0 Å². The Hall–Kier alpha value is -17.0. The molecule has 23 rings (SSSR count). The van der Waals surface area contributed by atoms with Crippen LogP contribution in [0.3, 0.4) is 0 Å². The van der Waals surface area contributed by atoms with Crippen LogP contribution in [0.1, 0.15) is 117 Å². The normalized spacial score (nSPS) is 13.8. The van der Waals surface area contributed by atoms with E-state index < -0.39 is 0 Å². The second kappa shape index (κ2) is 45.1. The van der Waals surface area contributed by atoms with Crippen LogP contribution in [0.4, 0.5) is 28.4 Å². The van der Waals surface area contributed by atoms with Gasteiger partial charge in [-0.15, -0.1) is 56.7 Å². The quantitative estimate of drug-likeness (QED) is 0.0218. The van der Waals surface area contributed by atoms with E-state index in [9.17, 15) is 24.0 Å². The molecule has 0 atom stereocenters. The molecule has 5 amide bonds. The van der Waals surface area contributed by atoms with E-state index in [-0.39, 0.29) is 47.7 Å². The topological polar surface area (TPSA) is 538 Å². The van der Waals surface area contributed by atoms with Gasteiger partial charge in [-0.3, -0.25) is 103 Å². The van der Waals surface area contributed by atoms with Crippen molar-refractivity contribution in [3.05, 3.63) is 264 Å². The Kier molecular flexibility index (Phi) is 30.0. The maximum atomic E-state index is 12.9. The number of hydrogen-bond acceptors (Lipinski definition) is 34. The van der Waals surface area contributed by atoms with Crippen LogP contribution in [0.25, 0.3) is 110 Å². The zero-order valence-electron chi connectivity index (χ0n) is 77.5. The number of rotatable bonds is 28. The number of carbonyl (C=O) groups is 5. The first-order valence-electron chi connectivity index (χ1n) is 45.2. The molecule has 20 aromatic rings. The van der Waals surface area contributed by atoms with Gasteiger partial charge in [-0.1, -0.05) is 24.3 Å². The van der Waals surface area contributed by atoms with Crippen molar-refractivity contribution in [3.8, 4) is 116 Å². The summed E-state index contributed by atoms with van der Waals surface area (Å²) >= 11 is 6.96. The van der Waals surface area contributed by atoms with Crippen LogP contribution < -0.4 is 31.3 Å². The van der Waals surface area contributed by atoms with Gasteiger partial charge in [0.25, 0.3) is 29.5 Å². The molecule has 44 nitrogen and oxygen atoms in total. The number of aromatic amines is 5. The molecule has 1 saturated heterocycles. The number of nitrogens with zero attached hydrogens (tertiary/aromatic N) is 26. The van der Waals surface area contributed by atoms with Crippen LogP contribution in [0.2, 0.25) is 0 Å². The number of amides is 5. The number of aryl methyl sites for hydroxylation is 1. The Bertz CT molecular complexity index is 7610. The minimum Gasteiger partial charge on any atom is -0.495 e. The van der Waals surface area contributed by atoms with Gasteiger partial charge >= 0.3 is 0 Å². The lowest BCUT2D eigenvalue weighted by Gasteiger charge is -2.34. The highest BCUT2D eigenvalue weighted by atomic mass is 32.1. The molecule has 3 fully saturated rings. The van der Waals surface area contributed by atoms with Crippen molar-refractivity contribution in [1.82, 2.24) is 155 Å². The van der Waals surface area contributed by atoms with Crippen molar-refractivity contribution < 1.29 is 38.2 Å². The Morgan fingerprint density at radius 1 is 0.410 bits per heavy atom. The molecular weight excluding hydrogens is 1930 g/mol. The van der Waals surface area contributed by atoms with E-state index >= 15 is 0 Å². The van der Waals surface area contributed by atoms with Gasteiger partial charge in [-0.2, -0.15) is 51.0 Å². The van der Waals surface area contributed by atoms with Crippen LogP contribution in [0, 0.1) is 0 Å². The summed E-state index contributed by atoms with van der Waals surface area (Å²) < 4.78 is 25.0. The molecule has 1 aliphatic heterocycles. The van der Waals surface area contributed by atoms with Crippen LogP contribution in [-0.4, -0.2) is 237 Å². The van der Waals surface area contributed by atoms with Crippen molar-refractivity contribution in [1.29, 1.82) is 0 Å². The van der Waals surface area contributed by atoms with Crippen molar-refractivity contribution >= 4 is 115 Å². The lowest BCUT2D eigenvalue weighted by atomic mass is 9.89. The predicted molar refractivity (Wildman–Crippen MR) is 543 cm³/mol. The second-order valence-corrected chi connectivity index (χ2v) is 37.1. The van der Waals surface area contributed by atoms with Crippen molar-refractivity contribution in [2.24, 2.45) is 7.05 Å². The number of nitrogens with one attached hydrogen (secondary N) is 10. The van der Waals surface area contributed by atoms with Crippen LogP contribution in [-0.2, 0) is 23.1 Å². The summed E-state index contributed by atoms with van der Waals surface area (Å²) in [4.78, 5) is 110. The Morgan fingerprint density at radius 2 is 0.771 bits per heavy atom. The number of H-pyrrole nitrogens is 5. The Labute approximate surface area is 839 Å². The lowest BCUT2D eigenvalue weighted by molar-refractivity contribution is 0.00256. The molecule has 49 heteroatoms. The van der Waals surface area contributed by atoms with Crippen LogP contribution in [0.5, 0.6) is 5.75 Å². The van der Waals surface area contributed by atoms with Crippen molar-refractivity contribution in [3.63, 3.8) is 0 Å². The summed E-state index contributed by atoms with van der Waals surface area (Å²) in [5.74, 6) is -0.807. The van der Waals surface area contributed by atoms with E-state index in [0.717, 1.165) is 117 Å². The summed E-state index contributed by atoms with van der Waals surface area (Å²) in [5, 5.41) is 83.4. The van der Waals surface area contributed by atoms with Crippen molar-refractivity contribution in [2.45, 2.75) is 76.7 Å². The van der Waals surface area contributed by atoms with Gasteiger partial charge in [0.05, 0.1) is 139 Å². The number of carbonyl (C=O) groups excluding carboxylic acids is 5. The number of pyridine rings is 5. The first kappa shape index (κ1) is 95.9. The van der Waals surface area contributed by atoms with Gasteiger partial charge in [0, 0.05) is 181 Å². The fourth-order valence-electron chi connectivity index (χ4n) is 14.9. The highest BCUT2D eigenvalue weighted by Crippen LogP contribution is 2.40. The molecule has 0 spiro atoms. The third kappa shape index (κ3) is 23.2. The highest BCUT2D eigenvalue weighted by Gasteiger charge is 2.34. The van der Waals surface area contributed by atoms with Crippen LogP contribution in [0.15, 0.2) is 236 Å². The summed E-state index contributed by atoms with van der Waals surface area (Å²) in [5.41, 5.74) is 15.6. The van der Waals surface area contributed by atoms with Crippen molar-refractivity contribution in [2.75, 3.05) is 73.7 Å². The van der Waals surface area contributed by atoms with Crippen LogP contribution >= 0.6 is 56.7 Å². The Morgan fingerprint density at radius 3 is 1.11 bits per heavy atom. The summed E-state index contributed by atoms with van der Waals surface area (Å²) in [6.07, 6.45) is 40.2. The molecular formula is C95H90N36O8S5. The number of methoxy groups -OCH3 is 2. The summed E-state index contributed by atoms with van der Waals surface area (Å²) in [6.45, 7) is 8.97. The van der Waals surface area contributed by atoms with E-state index in [1.807, 2.05) is 125 Å². The number of morpholine rings is 1. The standard InChI is InChI=1S/C21H22N8O2S.C20H19N7O2S.C19H17N7OS.C18H17N7OS.C17H15N7O2S/c30-20(18-14-32-21(26-18)15-11-23-24-12-15)25-17-13-29(6-5-28-7-9-31-10-8-28)27-19(17)16-3-1-2-4-22-16;1-29-14-6-13(7-14)27-10-16(18(26-27)15-4-2-3-5-21-15)24-19(28)17-11-30-20(25-17)12-8-22-23-9-12;27-18(16-11-28-19(24-16)12-8-21-22-9-12)23-15-10-26(13-4-3-5-13)25-17(15)14-6-1-2-7-20-14;1-11(2)25-9-14(16(24-25)13-5-3-4-6-19-13)22-17(26)15-10-27-18(23-15)12-7-20-21-8-12;1-24-8-13(15(23-24)12-4-3-11(26-2)7-18-12)21-16(25)14-9-27-17(22-14)10-5-19-20-6-10/h1-4,11-14H,5-10H2,(H,23,24)(H,25,30);2-5,8-11,13-14H,6-7H2,1H3,(H,22,23)(H,24,28);1-2,6-11,13H,3-5H2,(H,21,22)(H,23,27);3-11H,1-2H3,(H,20,21)(H,22,26);3-9H,1-2H3,(H,19,20)(H,21,25). The molecule has 728 valence electrons. The number of anilines is 5. The summed E-state index contributed by atoms with van der Waals surface area (Å²) in [7, 11) is 5.08. The Balaban J connectivity index is 0.000000114. The third-order valence-corrected chi connectivity index (χ3v) is 27.2. The number of hydrogen-bond donors (Lipinski definition) is 10. The fraction of sp³-hybridized carbons (Fsp3) is 0.211. The maximum absolute atomic E-state index is 12.9. The molecule has 3 aliphatic rings. The number of thiazole rings is 5. The lowest BCUT2D eigenvalue weighted by Crippen LogP contribution is -2.38. The van der Waals surface area contributed by atoms with Gasteiger partial charge in [-0.05, 0) is 107 Å². The largest absolute Gasteiger partial charge is 0.495 e. The first-order chi connectivity index (χ1) is 70.5.